The smallest absolute Gasteiger partial charge is 0.0340 e. The largest absolute Gasteiger partial charge is 0.385 e. The Hall–Kier alpha value is -1.02. The Morgan fingerprint density at radius 3 is 2.50 bits per heavy atom. The third-order valence-corrected chi connectivity index (χ3v) is 3.55. The quantitative estimate of drug-likeness (QED) is 0.794. The maximum absolute atomic E-state index is 3.49. The van der Waals surface area contributed by atoms with Gasteiger partial charge in [0.2, 0.25) is 0 Å². The van der Waals surface area contributed by atoms with Gasteiger partial charge in [0.15, 0.2) is 0 Å². The van der Waals surface area contributed by atoms with Gasteiger partial charge < -0.3 is 10.6 Å². The average Bonchev–Trinajstić information content (AvgIpc) is 2.27. The lowest BCUT2D eigenvalue weighted by molar-refractivity contribution is 0.365. The second-order valence-electron chi connectivity index (χ2n) is 4.84. The van der Waals surface area contributed by atoms with E-state index in [4.69, 9.17) is 0 Å². The molecule has 1 aliphatic rings. The summed E-state index contributed by atoms with van der Waals surface area (Å²) in [5.41, 5.74) is 2.69. The molecule has 0 spiro atoms. The minimum absolute atomic E-state index is 0.671. The number of rotatable bonds is 5. The van der Waals surface area contributed by atoms with Crippen molar-refractivity contribution >= 4 is 5.69 Å². The summed E-state index contributed by atoms with van der Waals surface area (Å²) >= 11 is 0. The van der Waals surface area contributed by atoms with E-state index >= 15 is 0 Å². The fourth-order valence-corrected chi connectivity index (χ4v) is 1.92. The van der Waals surface area contributed by atoms with Crippen LogP contribution in [0, 0.1) is 5.92 Å². The zero-order chi connectivity index (χ0) is 11.4. The molecule has 1 fully saturated rings. The fourth-order valence-electron chi connectivity index (χ4n) is 1.92. The number of anilines is 1. The summed E-state index contributed by atoms with van der Waals surface area (Å²) in [6, 6.07) is 8.90. The van der Waals surface area contributed by atoms with Crippen LogP contribution >= 0.6 is 0 Å². The van der Waals surface area contributed by atoms with E-state index in [2.05, 4.69) is 48.7 Å². The maximum atomic E-state index is 3.49. The van der Waals surface area contributed by atoms with E-state index < -0.39 is 0 Å². The van der Waals surface area contributed by atoms with Crippen LogP contribution in [-0.4, -0.2) is 19.6 Å². The zero-order valence-corrected chi connectivity index (χ0v) is 10.3. The normalized spacial score (nSPS) is 17.9. The van der Waals surface area contributed by atoms with E-state index in [1.54, 1.807) is 0 Å². The summed E-state index contributed by atoms with van der Waals surface area (Å²) < 4.78 is 0. The van der Waals surface area contributed by atoms with Crippen LogP contribution in [0.1, 0.15) is 31.7 Å². The van der Waals surface area contributed by atoms with Crippen molar-refractivity contribution < 1.29 is 0 Å². The summed E-state index contributed by atoms with van der Waals surface area (Å²) in [6.45, 7) is 7.94. The fraction of sp³-hybridized carbons (Fsp3) is 0.571. The van der Waals surface area contributed by atoms with Crippen molar-refractivity contribution in [3.05, 3.63) is 29.8 Å². The van der Waals surface area contributed by atoms with Crippen molar-refractivity contribution in [2.45, 2.75) is 26.2 Å². The van der Waals surface area contributed by atoms with Crippen molar-refractivity contribution in [2.75, 3.05) is 25.0 Å². The van der Waals surface area contributed by atoms with E-state index in [-0.39, 0.29) is 0 Å². The van der Waals surface area contributed by atoms with Crippen LogP contribution in [0.5, 0.6) is 0 Å². The Morgan fingerprint density at radius 2 is 2.00 bits per heavy atom. The van der Waals surface area contributed by atoms with Gasteiger partial charge in [0.1, 0.15) is 0 Å². The Balaban J connectivity index is 1.85. The van der Waals surface area contributed by atoms with Gasteiger partial charge in [-0.15, -0.1) is 0 Å². The van der Waals surface area contributed by atoms with E-state index in [0.29, 0.717) is 5.92 Å². The molecule has 0 bridgehead atoms. The van der Waals surface area contributed by atoms with Crippen LogP contribution in [-0.2, 0) is 0 Å². The lowest BCUT2D eigenvalue weighted by Crippen LogP contribution is -2.45. The van der Waals surface area contributed by atoms with Gasteiger partial charge in [-0.2, -0.15) is 0 Å². The molecule has 1 aromatic rings. The van der Waals surface area contributed by atoms with Crippen LogP contribution in [0.4, 0.5) is 5.69 Å². The van der Waals surface area contributed by atoms with E-state index in [9.17, 15) is 0 Å². The molecular weight excluding hydrogens is 196 g/mol. The molecule has 2 nitrogen and oxygen atoms in total. The minimum Gasteiger partial charge on any atom is -0.385 e. The van der Waals surface area contributed by atoms with Crippen molar-refractivity contribution in [3.8, 4) is 0 Å². The van der Waals surface area contributed by atoms with Gasteiger partial charge in [-0.25, -0.2) is 0 Å². The lowest BCUT2D eigenvalue weighted by atomic mass is 9.98. The summed E-state index contributed by atoms with van der Waals surface area (Å²) in [4.78, 5) is 0. The average molecular weight is 218 g/mol. The zero-order valence-electron chi connectivity index (χ0n) is 10.3. The van der Waals surface area contributed by atoms with Gasteiger partial charge in [0.05, 0.1) is 0 Å². The molecule has 1 aliphatic heterocycles. The first kappa shape index (κ1) is 11.5. The summed E-state index contributed by atoms with van der Waals surface area (Å²) in [7, 11) is 0. The molecule has 16 heavy (non-hydrogen) atoms. The van der Waals surface area contributed by atoms with Gasteiger partial charge in [-0.1, -0.05) is 26.0 Å². The van der Waals surface area contributed by atoms with Crippen molar-refractivity contribution in [1.29, 1.82) is 0 Å². The number of hydrogen-bond donors (Lipinski definition) is 2. The predicted octanol–water partition coefficient (Wildman–Crippen LogP) is 2.83. The van der Waals surface area contributed by atoms with Crippen LogP contribution in [0.3, 0.4) is 0 Å². The molecule has 1 heterocycles. The molecule has 0 aliphatic carbocycles. The predicted molar refractivity (Wildman–Crippen MR) is 70.0 cm³/mol. The van der Waals surface area contributed by atoms with Crippen LogP contribution in [0.25, 0.3) is 0 Å². The molecular formula is C14H22N2. The summed E-state index contributed by atoms with van der Waals surface area (Å²) in [5.74, 6) is 1.49. The van der Waals surface area contributed by atoms with Crippen molar-refractivity contribution in [2.24, 2.45) is 5.92 Å². The molecule has 1 aromatic carbocycles. The molecule has 2 heteroatoms. The molecule has 0 amide bonds. The van der Waals surface area contributed by atoms with E-state index in [1.165, 1.54) is 17.7 Å². The maximum Gasteiger partial charge on any atom is 0.0340 e. The summed E-state index contributed by atoms with van der Waals surface area (Å²) in [6.07, 6.45) is 1.21. The van der Waals surface area contributed by atoms with Gasteiger partial charge in [0, 0.05) is 31.2 Å². The van der Waals surface area contributed by atoms with Gasteiger partial charge >= 0.3 is 0 Å². The third-order valence-electron chi connectivity index (χ3n) is 3.55. The number of benzene rings is 1. The van der Waals surface area contributed by atoms with Crippen LogP contribution in [0.2, 0.25) is 0 Å². The minimum atomic E-state index is 0.671. The van der Waals surface area contributed by atoms with E-state index in [1.807, 2.05) is 0 Å². The Morgan fingerprint density at radius 1 is 1.31 bits per heavy atom. The molecule has 1 atom stereocenters. The summed E-state index contributed by atoms with van der Waals surface area (Å²) in [5, 5.41) is 6.78. The highest BCUT2D eigenvalue weighted by Gasteiger charge is 2.15. The molecule has 1 saturated heterocycles. The van der Waals surface area contributed by atoms with Crippen molar-refractivity contribution in [3.63, 3.8) is 0 Å². The lowest BCUT2D eigenvalue weighted by Gasteiger charge is -2.27. The molecule has 0 aromatic heterocycles. The van der Waals surface area contributed by atoms with Crippen molar-refractivity contribution in [1.82, 2.24) is 5.32 Å². The van der Waals surface area contributed by atoms with Crippen LogP contribution in [0.15, 0.2) is 24.3 Å². The third kappa shape index (κ3) is 2.76. The SMILES string of the molecule is CCC(C)c1ccc(NCC2CNC2)cc1. The second kappa shape index (κ2) is 5.35. The first-order valence-electron chi connectivity index (χ1n) is 6.34. The van der Waals surface area contributed by atoms with E-state index in [0.717, 1.165) is 25.6 Å². The Bertz CT molecular complexity index is 314. The second-order valence-corrected chi connectivity index (χ2v) is 4.84. The molecule has 2 rings (SSSR count). The number of nitrogens with one attached hydrogen (secondary N) is 2. The first-order chi connectivity index (χ1) is 7.79. The van der Waals surface area contributed by atoms with Crippen LogP contribution < -0.4 is 10.6 Å². The number of hydrogen-bond acceptors (Lipinski definition) is 2. The monoisotopic (exact) mass is 218 g/mol. The molecule has 0 radical (unpaired) electrons. The molecule has 88 valence electrons. The van der Waals surface area contributed by atoms with Gasteiger partial charge in [-0.05, 0) is 30.0 Å². The highest BCUT2D eigenvalue weighted by atomic mass is 15.0. The Kier molecular flexibility index (Phi) is 3.83. The highest BCUT2D eigenvalue weighted by Crippen LogP contribution is 2.20. The Labute approximate surface area is 98.4 Å². The molecule has 2 N–H and O–H groups in total. The topological polar surface area (TPSA) is 24.1 Å². The van der Waals surface area contributed by atoms with Gasteiger partial charge in [-0.3, -0.25) is 0 Å². The molecule has 0 saturated carbocycles. The molecule has 1 unspecified atom stereocenters. The van der Waals surface area contributed by atoms with Gasteiger partial charge in [0.25, 0.3) is 0 Å². The standard InChI is InChI=1S/C14H22N2/c1-3-11(2)13-4-6-14(7-5-13)16-10-12-8-15-9-12/h4-7,11-12,15-16H,3,8-10H2,1-2H3. The highest BCUT2D eigenvalue weighted by molar-refractivity contribution is 5.45. The first-order valence-corrected chi connectivity index (χ1v) is 6.34.